The molecular weight excluding hydrogens is 334 g/mol. The number of carbonyl (C=O) groups excluding carboxylic acids is 1. The molecule has 0 saturated carbocycles. The molecule has 1 atom stereocenters. The van der Waals surface area contributed by atoms with Crippen molar-refractivity contribution in [3.8, 4) is 0 Å². The van der Waals surface area contributed by atoms with Gasteiger partial charge in [0.15, 0.2) is 0 Å². The van der Waals surface area contributed by atoms with E-state index >= 15 is 0 Å². The summed E-state index contributed by atoms with van der Waals surface area (Å²) in [5, 5.41) is 11.4. The molecule has 2 aromatic rings. The second kappa shape index (κ2) is 7.40. The molecule has 0 saturated heterocycles. The highest BCUT2D eigenvalue weighted by Gasteiger charge is 2.18. The summed E-state index contributed by atoms with van der Waals surface area (Å²) in [6.07, 6.45) is 6.86. The summed E-state index contributed by atoms with van der Waals surface area (Å²) < 4.78 is 4.51. The normalized spacial score (nSPS) is 12.3. The van der Waals surface area contributed by atoms with Crippen LogP contribution in [0.2, 0.25) is 0 Å². The smallest absolute Gasteiger partial charge is 0.244 e. The quantitative estimate of drug-likeness (QED) is 0.776. The van der Waals surface area contributed by atoms with Gasteiger partial charge in [0, 0.05) is 31.2 Å². The lowest BCUT2D eigenvalue weighted by Gasteiger charge is -2.15. The summed E-state index contributed by atoms with van der Waals surface area (Å²) in [6.45, 7) is 5.45. The van der Waals surface area contributed by atoms with Crippen molar-refractivity contribution in [1.82, 2.24) is 24.9 Å². The highest BCUT2D eigenvalue weighted by atomic mass is 79.9. The van der Waals surface area contributed by atoms with Gasteiger partial charge in [0.2, 0.25) is 5.91 Å². The number of hydrogen-bond acceptors (Lipinski definition) is 3. The predicted octanol–water partition coefficient (Wildman–Crippen LogP) is 2.31. The number of carbonyl (C=O) groups is 1. The molecule has 114 valence electrons. The first-order chi connectivity index (χ1) is 10.1. The first-order valence-electron chi connectivity index (χ1n) is 7.07. The molecule has 21 heavy (non-hydrogen) atoms. The van der Waals surface area contributed by atoms with E-state index in [9.17, 15) is 4.79 Å². The van der Waals surface area contributed by atoms with Gasteiger partial charge in [-0.25, -0.2) is 0 Å². The van der Waals surface area contributed by atoms with Gasteiger partial charge in [-0.1, -0.05) is 6.92 Å². The van der Waals surface area contributed by atoms with E-state index in [-0.39, 0.29) is 11.9 Å². The first kappa shape index (κ1) is 15.8. The molecule has 0 radical (unpaired) electrons. The van der Waals surface area contributed by atoms with Gasteiger partial charge in [-0.3, -0.25) is 14.2 Å². The van der Waals surface area contributed by atoms with Gasteiger partial charge in [0.05, 0.1) is 10.7 Å². The standard InChI is InChI=1S/C14H20BrN5O/c1-3-13(20-10-12(15)9-18-20)14(21)16-6-4-8-19-11(2)5-7-17-19/h5,7,9-10,13H,3-4,6,8H2,1-2H3,(H,16,21). The number of hydrogen-bond donors (Lipinski definition) is 1. The second-order valence-corrected chi connectivity index (χ2v) is 5.82. The lowest BCUT2D eigenvalue weighted by atomic mass is 10.2. The van der Waals surface area contributed by atoms with Gasteiger partial charge in [-0.15, -0.1) is 0 Å². The minimum absolute atomic E-state index is 0.00490. The van der Waals surface area contributed by atoms with Crippen LogP contribution in [0.1, 0.15) is 31.5 Å². The van der Waals surface area contributed by atoms with Crippen LogP contribution in [0, 0.1) is 6.92 Å². The van der Waals surface area contributed by atoms with E-state index in [0.29, 0.717) is 13.0 Å². The Balaban J connectivity index is 1.79. The number of nitrogens with zero attached hydrogens (tertiary/aromatic N) is 4. The molecule has 6 nitrogen and oxygen atoms in total. The highest BCUT2D eigenvalue weighted by Crippen LogP contribution is 2.14. The van der Waals surface area contributed by atoms with Crippen molar-refractivity contribution in [3.05, 3.63) is 34.8 Å². The van der Waals surface area contributed by atoms with Crippen LogP contribution in [-0.2, 0) is 11.3 Å². The Hall–Kier alpha value is -1.63. The summed E-state index contributed by atoms with van der Waals surface area (Å²) in [5.41, 5.74) is 1.13. The Morgan fingerprint density at radius 2 is 2.29 bits per heavy atom. The molecule has 1 N–H and O–H groups in total. The third kappa shape index (κ3) is 4.17. The zero-order valence-electron chi connectivity index (χ0n) is 12.3. The predicted molar refractivity (Wildman–Crippen MR) is 83.8 cm³/mol. The molecule has 0 aliphatic rings. The maximum absolute atomic E-state index is 12.2. The zero-order valence-corrected chi connectivity index (χ0v) is 13.9. The van der Waals surface area contributed by atoms with Crippen molar-refractivity contribution in [3.63, 3.8) is 0 Å². The van der Waals surface area contributed by atoms with Crippen molar-refractivity contribution in [1.29, 1.82) is 0 Å². The van der Waals surface area contributed by atoms with Crippen molar-refractivity contribution in [2.45, 2.75) is 39.3 Å². The van der Waals surface area contributed by atoms with Gasteiger partial charge in [-0.05, 0) is 41.8 Å². The highest BCUT2D eigenvalue weighted by molar-refractivity contribution is 9.10. The molecule has 0 fully saturated rings. The first-order valence-corrected chi connectivity index (χ1v) is 7.87. The van der Waals surface area contributed by atoms with Crippen LogP contribution in [0.3, 0.4) is 0 Å². The Labute approximate surface area is 132 Å². The van der Waals surface area contributed by atoms with Crippen molar-refractivity contribution in [2.75, 3.05) is 6.54 Å². The van der Waals surface area contributed by atoms with Crippen LogP contribution in [0.25, 0.3) is 0 Å². The van der Waals surface area contributed by atoms with Crippen LogP contribution in [0.4, 0.5) is 0 Å². The number of aryl methyl sites for hydroxylation is 2. The van der Waals surface area contributed by atoms with Gasteiger partial charge in [0.25, 0.3) is 0 Å². The monoisotopic (exact) mass is 353 g/mol. The molecule has 0 aliphatic heterocycles. The number of nitrogens with one attached hydrogen (secondary N) is 1. The Morgan fingerprint density at radius 3 is 2.86 bits per heavy atom. The second-order valence-electron chi connectivity index (χ2n) is 4.90. The number of halogens is 1. The van der Waals surface area contributed by atoms with Crippen molar-refractivity contribution >= 4 is 21.8 Å². The topological polar surface area (TPSA) is 64.7 Å². The largest absolute Gasteiger partial charge is 0.354 e. The van der Waals surface area contributed by atoms with Gasteiger partial charge < -0.3 is 5.32 Å². The minimum Gasteiger partial charge on any atom is -0.354 e. The van der Waals surface area contributed by atoms with Crippen LogP contribution in [0.5, 0.6) is 0 Å². The Morgan fingerprint density at radius 1 is 1.48 bits per heavy atom. The molecule has 2 rings (SSSR count). The average Bonchev–Trinajstić information content (AvgIpc) is 3.05. The summed E-state index contributed by atoms with van der Waals surface area (Å²) in [7, 11) is 0. The van der Waals surface area contributed by atoms with Crippen LogP contribution in [-0.4, -0.2) is 32.0 Å². The molecule has 2 heterocycles. The fourth-order valence-corrected chi connectivity index (χ4v) is 2.47. The fraction of sp³-hybridized carbons (Fsp3) is 0.500. The van der Waals surface area contributed by atoms with Gasteiger partial charge >= 0.3 is 0 Å². The van der Waals surface area contributed by atoms with E-state index in [2.05, 4.69) is 31.4 Å². The number of amides is 1. The molecule has 1 unspecified atom stereocenters. The Bertz CT molecular complexity index is 592. The summed E-state index contributed by atoms with van der Waals surface area (Å²) in [4.78, 5) is 12.2. The van der Waals surface area contributed by atoms with Crippen LogP contribution < -0.4 is 5.32 Å². The van der Waals surface area contributed by atoms with Crippen molar-refractivity contribution < 1.29 is 4.79 Å². The lowest BCUT2D eigenvalue weighted by Crippen LogP contribution is -2.33. The summed E-state index contributed by atoms with van der Waals surface area (Å²) in [6, 6.07) is 1.71. The maximum Gasteiger partial charge on any atom is 0.244 e. The zero-order chi connectivity index (χ0) is 15.2. The minimum atomic E-state index is -0.261. The average molecular weight is 354 g/mol. The third-order valence-corrected chi connectivity index (χ3v) is 3.76. The van der Waals surface area contributed by atoms with E-state index in [1.807, 2.05) is 30.8 Å². The molecular formula is C14H20BrN5O. The number of rotatable bonds is 7. The number of aromatic nitrogens is 4. The van der Waals surface area contributed by atoms with Gasteiger partial charge in [-0.2, -0.15) is 10.2 Å². The lowest BCUT2D eigenvalue weighted by molar-refractivity contribution is -0.124. The van der Waals surface area contributed by atoms with E-state index in [4.69, 9.17) is 0 Å². The SMILES string of the molecule is CCC(C(=O)NCCCn1nccc1C)n1cc(Br)cn1. The molecule has 0 spiro atoms. The third-order valence-electron chi connectivity index (χ3n) is 3.35. The fourth-order valence-electron chi connectivity index (χ4n) is 2.17. The Kier molecular flexibility index (Phi) is 5.55. The van der Waals surface area contributed by atoms with Crippen LogP contribution >= 0.6 is 15.9 Å². The molecule has 7 heteroatoms. The molecule has 1 amide bonds. The van der Waals surface area contributed by atoms with E-state index in [1.165, 1.54) is 0 Å². The van der Waals surface area contributed by atoms with Gasteiger partial charge in [0.1, 0.15) is 6.04 Å². The van der Waals surface area contributed by atoms with E-state index in [0.717, 1.165) is 23.1 Å². The molecule has 0 bridgehead atoms. The van der Waals surface area contributed by atoms with Crippen molar-refractivity contribution in [2.24, 2.45) is 0 Å². The summed E-state index contributed by atoms with van der Waals surface area (Å²) in [5.74, 6) is 0.00490. The van der Waals surface area contributed by atoms with E-state index < -0.39 is 0 Å². The molecule has 0 aliphatic carbocycles. The maximum atomic E-state index is 12.2. The molecule has 2 aromatic heterocycles. The summed E-state index contributed by atoms with van der Waals surface area (Å²) >= 11 is 3.35. The van der Waals surface area contributed by atoms with E-state index in [1.54, 1.807) is 17.1 Å². The van der Waals surface area contributed by atoms with Crippen LogP contribution in [0.15, 0.2) is 29.1 Å². The molecule has 0 aromatic carbocycles.